The highest BCUT2D eigenvalue weighted by atomic mass is 79.9. The third-order valence-corrected chi connectivity index (χ3v) is 2.84. The van der Waals surface area contributed by atoms with Gasteiger partial charge in [0.15, 0.2) is 11.5 Å². The van der Waals surface area contributed by atoms with Crippen LogP contribution in [-0.4, -0.2) is 13.2 Å². The maximum absolute atomic E-state index is 8.83. The topological polar surface area (TPSA) is 42.2 Å². The van der Waals surface area contributed by atoms with Crippen LogP contribution in [0.2, 0.25) is 0 Å². The number of ether oxygens (including phenoxy) is 2. The second-order valence-electron chi connectivity index (χ2n) is 3.44. The molecule has 0 radical (unpaired) electrons. The second kappa shape index (κ2) is 5.76. The summed E-state index contributed by atoms with van der Waals surface area (Å²) in [6, 6.07) is 5.46. The minimum atomic E-state index is 0.109. The van der Waals surface area contributed by atoms with Gasteiger partial charge in [-0.05, 0) is 35.3 Å². The van der Waals surface area contributed by atoms with Crippen molar-refractivity contribution in [1.82, 2.24) is 0 Å². The predicted molar refractivity (Wildman–Crippen MR) is 65.8 cm³/mol. The summed E-state index contributed by atoms with van der Waals surface area (Å²) in [6.45, 7) is 4.04. The van der Waals surface area contributed by atoms with Gasteiger partial charge in [-0.25, -0.2) is 0 Å². The van der Waals surface area contributed by atoms with Gasteiger partial charge in [-0.1, -0.05) is 6.92 Å². The molecule has 0 amide bonds. The number of nitriles is 1. The van der Waals surface area contributed by atoms with Crippen LogP contribution in [0.25, 0.3) is 0 Å². The van der Waals surface area contributed by atoms with Crippen LogP contribution >= 0.6 is 15.9 Å². The van der Waals surface area contributed by atoms with Crippen LogP contribution in [0.3, 0.4) is 0 Å². The van der Waals surface area contributed by atoms with Gasteiger partial charge >= 0.3 is 0 Å². The molecule has 0 unspecified atom stereocenters. The van der Waals surface area contributed by atoms with E-state index in [0.717, 1.165) is 10.9 Å². The smallest absolute Gasteiger partial charge is 0.175 e. The molecule has 4 heteroatoms. The van der Waals surface area contributed by atoms with Gasteiger partial charge in [0.25, 0.3) is 0 Å². The summed E-state index contributed by atoms with van der Waals surface area (Å²) in [6.07, 6.45) is 1.02. The zero-order valence-corrected chi connectivity index (χ0v) is 11.2. The fraction of sp³-hybridized carbons (Fsp3) is 0.417. The maximum atomic E-state index is 8.83. The Morgan fingerprint density at radius 1 is 1.50 bits per heavy atom. The molecule has 0 fully saturated rings. The molecule has 0 N–H and O–H groups in total. The third-order valence-electron chi connectivity index (χ3n) is 2.25. The Labute approximate surface area is 104 Å². The summed E-state index contributed by atoms with van der Waals surface area (Å²) in [4.78, 5) is 0. The Kier molecular flexibility index (Phi) is 4.63. The van der Waals surface area contributed by atoms with Crippen molar-refractivity contribution in [2.75, 3.05) is 7.11 Å². The molecule has 16 heavy (non-hydrogen) atoms. The van der Waals surface area contributed by atoms with Crippen molar-refractivity contribution in [2.45, 2.75) is 26.4 Å². The summed E-state index contributed by atoms with van der Waals surface area (Å²) in [7, 11) is 1.56. The lowest BCUT2D eigenvalue weighted by atomic mass is 10.2. The van der Waals surface area contributed by atoms with Crippen LogP contribution in [-0.2, 0) is 0 Å². The number of hydrogen-bond acceptors (Lipinski definition) is 3. The molecule has 0 heterocycles. The summed E-state index contributed by atoms with van der Waals surface area (Å²) in [5.41, 5.74) is 0.542. The van der Waals surface area contributed by atoms with E-state index in [1.54, 1.807) is 19.2 Å². The lowest BCUT2D eigenvalue weighted by Crippen LogP contribution is -2.11. The number of halogens is 1. The molecule has 1 aromatic rings. The van der Waals surface area contributed by atoms with E-state index in [2.05, 4.69) is 28.9 Å². The monoisotopic (exact) mass is 283 g/mol. The molecule has 0 saturated heterocycles. The summed E-state index contributed by atoms with van der Waals surface area (Å²) < 4.78 is 11.7. The number of methoxy groups -OCH3 is 1. The molecule has 0 spiro atoms. The fourth-order valence-electron chi connectivity index (χ4n) is 1.18. The molecular formula is C12H14BrNO2. The van der Waals surface area contributed by atoms with Crippen LogP contribution in [0.15, 0.2) is 16.6 Å². The molecular weight excluding hydrogens is 270 g/mol. The molecule has 0 aliphatic carbocycles. The Morgan fingerprint density at radius 2 is 2.19 bits per heavy atom. The Hall–Kier alpha value is -1.21. The third kappa shape index (κ3) is 2.89. The van der Waals surface area contributed by atoms with Crippen molar-refractivity contribution < 1.29 is 9.47 Å². The number of rotatable bonds is 4. The quantitative estimate of drug-likeness (QED) is 0.849. The lowest BCUT2D eigenvalue weighted by molar-refractivity contribution is 0.206. The minimum Gasteiger partial charge on any atom is -0.493 e. The molecule has 3 nitrogen and oxygen atoms in total. The maximum Gasteiger partial charge on any atom is 0.175 e. The van der Waals surface area contributed by atoms with Gasteiger partial charge in [-0.15, -0.1) is 0 Å². The summed E-state index contributed by atoms with van der Waals surface area (Å²) in [5.74, 6) is 1.22. The van der Waals surface area contributed by atoms with Gasteiger partial charge in [0.05, 0.1) is 29.3 Å². The van der Waals surface area contributed by atoms with Gasteiger partial charge in [-0.3, -0.25) is 0 Å². The van der Waals surface area contributed by atoms with Crippen molar-refractivity contribution in [2.24, 2.45) is 0 Å². The van der Waals surface area contributed by atoms with Crippen molar-refractivity contribution in [3.05, 3.63) is 22.2 Å². The molecule has 0 bridgehead atoms. The van der Waals surface area contributed by atoms with Crippen LogP contribution in [0.1, 0.15) is 25.8 Å². The largest absolute Gasteiger partial charge is 0.493 e. The van der Waals surface area contributed by atoms with E-state index >= 15 is 0 Å². The highest BCUT2D eigenvalue weighted by molar-refractivity contribution is 9.10. The van der Waals surface area contributed by atoms with Crippen molar-refractivity contribution in [3.8, 4) is 17.6 Å². The molecule has 86 valence electrons. The zero-order valence-electron chi connectivity index (χ0n) is 9.58. The first-order chi connectivity index (χ1) is 7.62. The summed E-state index contributed by atoms with van der Waals surface area (Å²) >= 11 is 3.38. The van der Waals surface area contributed by atoms with Crippen molar-refractivity contribution in [1.29, 1.82) is 5.26 Å². The molecule has 0 aromatic heterocycles. The van der Waals surface area contributed by atoms with Crippen LogP contribution in [0.4, 0.5) is 0 Å². The average Bonchev–Trinajstić information content (AvgIpc) is 2.30. The molecule has 0 aliphatic rings. The average molecular weight is 284 g/mol. The van der Waals surface area contributed by atoms with Crippen LogP contribution in [0, 0.1) is 11.3 Å². The number of nitrogens with zero attached hydrogens (tertiary/aromatic N) is 1. The first-order valence-corrected chi connectivity index (χ1v) is 5.86. The Bertz CT molecular complexity index is 412. The van der Waals surface area contributed by atoms with E-state index in [4.69, 9.17) is 14.7 Å². The van der Waals surface area contributed by atoms with Crippen molar-refractivity contribution >= 4 is 15.9 Å². The molecule has 1 atom stereocenters. The van der Waals surface area contributed by atoms with Gasteiger partial charge < -0.3 is 9.47 Å². The fourth-order valence-corrected chi connectivity index (χ4v) is 1.72. The first-order valence-electron chi connectivity index (χ1n) is 5.06. The number of hydrogen-bond donors (Lipinski definition) is 0. The Morgan fingerprint density at radius 3 is 2.69 bits per heavy atom. The minimum absolute atomic E-state index is 0.109. The molecule has 1 rings (SSSR count). The van der Waals surface area contributed by atoms with E-state index in [9.17, 15) is 0 Å². The first kappa shape index (κ1) is 12.9. The van der Waals surface area contributed by atoms with E-state index in [1.165, 1.54) is 0 Å². The zero-order chi connectivity index (χ0) is 12.1. The lowest BCUT2D eigenvalue weighted by Gasteiger charge is -2.17. The van der Waals surface area contributed by atoms with Gasteiger partial charge in [0.1, 0.15) is 0 Å². The van der Waals surface area contributed by atoms with Gasteiger partial charge in [-0.2, -0.15) is 5.26 Å². The standard InChI is InChI=1S/C12H14BrNO2/c1-4-8(2)16-12-10(13)5-9(7-14)6-11(12)15-3/h5-6,8H,4H2,1-3H3/t8-/m0/s1. The van der Waals surface area contributed by atoms with Crippen LogP contribution < -0.4 is 9.47 Å². The van der Waals surface area contributed by atoms with Crippen LogP contribution in [0.5, 0.6) is 11.5 Å². The van der Waals surface area contributed by atoms with E-state index in [-0.39, 0.29) is 6.10 Å². The van der Waals surface area contributed by atoms with E-state index in [0.29, 0.717) is 17.1 Å². The van der Waals surface area contributed by atoms with Crippen molar-refractivity contribution in [3.63, 3.8) is 0 Å². The molecule has 0 saturated carbocycles. The van der Waals surface area contributed by atoms with Gasteiger partial charge in [0.2, 0.25) is 0 Å². The second-order valence-corrected chi connectivity index (χ2v) is 4.29. The number of benzene rings is 1. The van der Waals surface area contributed by atoms with E-state index in [1.807, 2.05) is 6.92 Å². The van der Waals surface area contributed by atoms with Gasteiger partial charge in [0, 0.05) is 6.07 Å². The predicted octanol–water partition coefficient (Wildman–Crippen LogP) is 3.51. The van der Waals surface area contributed by atoms with E-state index < -0.39 is 0 Å². The summed E-state index contributed by atoms with van der Waals surface area (Å²) in [5, 5.41) is 8.83. The molecule has 1 aromatic carbocycles. The SMILES string of the molecule is CC[C@H](C)Oc1c(Br)cc(C#N)cc1OC. The Balaban J connectivity index is 3.12. The molecule has 0 aliphatic heterocycles. The highest BCUT2D eigenvalue weighted by Gasteiger charge is 2.13. The highest BCUT2D eigenvalue weighted by Crippen LogP contribution is 2.37. The normalized spacial score (nSPS) is 11.7.